The zero-order chi connectivity index (χ0) is 21.8. The van der Waals surface area contributed by atoms with E-state index in [0.717, 1.165) is 23.4 Å². The van der Waals surface area contributed by atoms with Gasteiger partial charge in [-0.3, -0.25) is 4.72 Å². The summed E-state index contributed by atoms with van der Waals surface area (Å²) in [5, 5.41) is 15.8. The van der Waals surface area contributed by atoms with Crippen LogP contribution in [0.2, 0.25) is 0 Å². The van der Waals surface area contributed by atoms with Gasteiger partial charge in [0.1, 0.15) is 0 Å². The minimum absolute atomic E-state index is 0.231. The molecule has 2 heterocycles. The lowest BCUT2D eigenvalue weighted by molar-refractivity contribution is 0.601. The molecule has 2 N–H and O–H groups in total. The fraction of sp³-hybridized carbons (Fsp3) is 0.136. The summed E-state index contributed by atoms with van der Waals surface area (Å²) < 4.78 is 29.4. The van der Waals surface area contributed by atoms with E-state index in [1.54, 1.807) is 47.1 Å². The Labute approximate surface area is 181 Å². The van der Waals surface area contributed by atoms with E-state index in [2.05, 4.69) is 25.3 Å². The molecule has 0 aliphatic heterocycles. The molecular formula is C22H22N6O2S. The molecule has 2 aromatic carbocycles. The molecule has 0 fully saturated rings. The van der Waals surface area contributed by atoms with Crippen molar-refractivity contribution in [3.05, 3.63) is 84.2 Å². The Morgan fingerprint density at radius 2 is 1.58 bits per heavy atom. The molecule has 0 saturated heterocycles. The van der Waals surface area contributed by atoms with Crippen molar-refractivity contribution in [2.24, 2.45) is 0 Å². The SMILES string of the molecule is CCc1ccc(S(=O)(=O)Nc2ccc(Nc3ccc(-n4ccc(C)n4)nn3)cc2)cc1. The summed E-state index contributed by atoms with van der Waals surface area (Å²) in [6, 6.07) is 19.3. The first kappa shape index (κ1) is 20.5. The molecule has 0 aliphatic carbocycles. The monoisotopic (exact) mass is 434 g/mol. The van der Waals surface area contributed by atoms with Gasteiger partial charge in [-0.15, -0.1) is 10.2 Å². The molecule has 158 valence electrons. The molecule has 0 bridgehead atoms. The van der Waals surface area contributed by atoms with Crippen LogP contribution in [0.3, 0.4) is 0 Å². The number of nitrogens with one attached hydrogen (secondary N) is 2. The van der Waals surface area contributed by atoms with Gasteiger partial charge in [-0.25, -0.2) is 13.1 Å². The van der Waals surface area contributed by atoms with E-state index in [0.29, 0.717) is 17.3 Å². The van der Waals surface area contributed by atoms with Gasteiger partial charge in [0.2, 0.25) is 0 Å². The molecular weight excluding hydrogens is 412 g/mol. The molecule has 0 saturated carbocycles. The minimum atomic E-state index is -3.64. The van der Waals surface area contributed by atoms with Gasteiger partial charge in [0.15, 0.2) is 11.6 Å². The lowest BCUT2D eigenvalue weighted by Gasteiger charge is -2.10. The standard InChI is InChI=1S/C22H22N6O2S/c1-3-17-4-10-20(11-5-17)31(29,30)27-19-8-6-18(7-9-19)23-21-12-13-22(25-24-21)28-15-14-16(2)26-28/h4-15,27H,3H2,1-2H3,(H,23,24). The molecule has 0 aliphatic rings. The summed E-state index contributed by atoms with van der Waals surface area (Å²) in [6.45, 7) is 3.93. The third kappa shape index (κ3) is 4.89. The van der Waals surface area contributed by atoms with Crippen molar-refractivity contribution < 1.29 is 8.42 Å². The lowest BCUT2D eigenvalue weighted by atomic mass is 10.2. The van der Waals surface area contributed by atoms with Crippen LogP contribution in [0.1, 0.15) is 18.2 Å². The van der Waals surface area contributed by atoms with E-state index >= 15 is 0 Å². The minimum Gasteiger partial charge on any atom is -0.339 e. The van der Waals surface area contributed by atoms with E-state index in [1.165, 1.54) is 0 Å². The highest BCUT2D eigenvalue weighted by Crippen LogP contribution is 2.21. The number of hydrogen-bond donors (Lipinski definition) is 2. The van der Waals surface area contributed by atoms with Gasteiger partial charge in [-0.2, -0.15) is 5.10 Å². The fourth-order valence-corrected chi connectivity index (χ4v) is 4.00. The van der Waals surface area contributed by atoms with E-state index in [-0.39, 0.29) is 4.90 Å². The summed E-state index contributed by atoms with van der Waals surface area (Å²) in [4.78, 5) is 0.231. The van der Waals surface area contributed by atoms with Crippen LogP contribution in [0.25, 0.3) is 5.82 Å². The second kappa shape index (κ2) is 8.57. The average Bonchev–Trinajstić information content (AvgIpc) is 3.22. The second-order valence-corrected chi connectivity index (χ2v) is 8.67. The predicted octanol–water partition coefficient (Wildman–Crippen LogP) is 4.08. The van der Waals surface area contributed by atoms with Crippen molar-refractivity contribution in [1.82, 2.24) is 20.0 Å². The van der Waals surface area contributed by atoms with Crippen molar-refractivity contribution in [2.45, 2.75) is 25.2 Å². The van der Waals surface area contributed by atoms with Gasteiger partial charge in [0.05, 0.1) is 10.6 Å². The van der Waals surface area contributed by atoms with Crippen LogP contribution in [0.15, 0.2) is 77.8 Å². The van der Waals surface area contributed by atoms with Crippen molar-refractivity contribution >= 4 is 27.2 Å². The Balaban J connectivity index is 1.42. The van der Waals surface area contributed by atoms with E-state index in [4.69, 9.17) is 0 Å². The smallest absolute Gasteiger partial charge is 0.261 e. The normalized spacial score (nSPS) is 11.3. The van der Waals surface area contributed by atoms with Crippen LogP contribution in [-0.2, 0) is 16.4 Å². The topological polar surface area (TPSA) is 102 Å². The van der Waals surface area contributed by atoms with Gasteiger partial charge in [0, 0.05) is 17.6 Å². The molecule has 8 nitrogen and oxygen atoms in total. The summed E-state index contributed by atoms with van der Waals surface area (Å²) in [5.41, 5.74) is 3.22. The van der Waals surface area contributed by atoms with Gasteiger partial charge >= 0.3 is 0 Å². The maximum Gasteiger partial charge on any atom is 0.261 e. The Morgan fingerprint density at radius 1 is 0.871 bits per heavy atom. The van der Waals surface area contributed by atoms with Crippen molar-refractivity contribution in [1.29, 1.82) is 0 Å². The zero-order valence-electron chi connectivity index (χ0n) is 17.1. The number of sulfonamides is 1. The van der Waals surface area contributed by atoms with Crippen LogP contribution < -0.4 is 10.0 Å². The van der Waals surface area contributed by atoms with Gasteiger partial charge < -0.3 is 5.32 Å². The highest BCUT2D eigenvalue weighted by molar-refractivity contribution is 7.92. The number of rotatable bonds is 7. The van der Waals surface area contributed by atoms with Crippen molar-refractivity contribution in [2.75, 3.05) is 10.0 Å². The third-order valence-corrected chi connectivity index (χ3v) is 6.06. The lowest BCUT2D eigenvalue weighted by Crippen LogP contribution is -2.12. The molecule has 0 unspecified atom stereocenters. The van der Waals surface area contributed by atoms with Crippen molar-refractivity contribution in [3.8, 4) is 5.82 Å². The maximum atomic E-state index is 12.6. The maximum absolute atomic E-state index is 12.6. The van der Waals surface area contributed by atoms with E-state index in [1.807, 2.05) is 44.3 Å². The number of hydrogen-bond acceptors (Lipinski definition) is 6. The zero-order valence-corrected chi connectivity index (χ0v) is 18.0. The number of benzene rings is 2. The molecule has 4 aromatic rings. The van der Waals surface area contributed by atoms with Crippen LogP contribution in [0.4, 0.5) is 17.2 Å². The molecule has 0 radical (unpaired) electrons. The van der Waals surface area contributed by atoms with Gasteiger partial charge in [-0.1, -0.05) is 19.1 Å². The summed E-state index contributed by atoms with van der Waals surface area (Å²) in [5.74, 6) is 1.19. The Morgan fingerprint density at radius 3 is 2.16 bits per heavy atom. The summed E-state index contributed by atoms with van der Waals surface area (Å²) in [7, 11) is -3.64. The van der Waals surface area contributed by atoms with E-state index < -0.39 is 10.0 Å². The highest BCUT2D eigenvalue weighted by atomic mass is 32.2. The van der Waals surface area contributed by atoms with Gasteiger partial charge in [0.25, 0.3) is 10.0 Å². The first-order chi connectivity index (χ1) is 14.9. The number of aromatic nitrogens is 4. The van der Waals surface area contributed by atoms with E-state index in [9.17, 15) is 8.42 Å². The summed E-state index contributed by atoms with van der Waals surface area (Å²) >= 11 is 0. The number of anilines is 3. The largest absolute Gasteiger partial charge is 0.339 e. The Kier molecular flexibility index (Phi) is 5.68. The first-order valence-corrected chi connectivity index (χ1v) is 11.3. The third-order valence-electron chi connectivity index (χ3n) is 4.66. The van der Waals surface area contributed by atoms with Crippen LogP contribution >= 0.6 is 0 Å². The van der Waals surface area contributed by atoms with Crippen LogP contribution in [0, 0.1) is 6.92 Å². The fourth-order valence-electron chi connectivity index (χ4n) is 2.94. The number of aryl methyl sites for hydroxylation is 2. The van der Waals surface area contributed by atoms with Crippen LogP contribution in [-0.4, -0.2) is 28.4 Å². The Bertz CT molecular complexity index is 1270. The second-order valence-electron chi connectivity index (χ2n) is 6.98. The highest BCUT2D eigenvalue weighted by Gasteiger charge is 2.14. The Hall–Kier alpha value is -3.72. The van der Waals surface area contributed by atoms with Crippen LogP contribution in [0.5, 0.6) is 0 Å². The van der Waals surface area contributed by atoms with Crippen molar-refractivity contribution in [3.63, 3.8) is 0 Å². The first-order valence-electron chi connectivity index (χ1n) is 9.78. The molecule has 9 heteroatoms. The molecule has 0 atom stereocenters. The quantitative estimate of drug-likeness (QED) is 0.454. The average molecular weight is 435 g/mol. The predicted molar refractivity (Wildman–Crippen MR) is 120 cm³/mol. The van der Waals surface area contributed by atoms with Gasteiger partial charge in [-0.05, 0) is 73.5 Å². The summed E-state index contributed by atoms with van der Waals surface area (Å²) in [6.07, 6.45) is 2.68. The molecule has 4 rings (SSSR count). The molecule has 0 amide bonds. The number of nitrogens with zero attached hydrogens (tertiary/aromatic N) is 4. The molecule has 0 spiro atoms. The molecule has 2 aromatic heterocycles. The molecule has 31 heavy (non-hydrogen) atoms.